The van der Waals surface area contributed by atoms with E-state index in [0.29, 0.717) is 5.75 Å². The van der Waals surface area contributed by atoms with Crippen molar-refractivity contribution in [2.75, 3.05) is 25.3 Å². The lowest BCUT2D eigenvalue weighted by Crippen LogP contribution is -2.43. The van der Waals surface area contributed by atoms with Crippen molar-refractivity contribution in [3.05, 3.63) is 47.0 Å². The highest BCUT2D eigenvalue weighted by molar-refractivity contribution is 7.59. The molecule has 0 radical (unpaired) electrons. The summed E-state index contributed by atoms with van der Waals surface area (Å²) >= 11 is 0. The first-order valence-electron chi connectivity index (χ1n) is 11.5. The zero-order valence-corrected chi connectivity index (χ0v) is 21.6. The number of nitrogens with one attached hydrogen (secondary N) is 3. The van der Waals surface area contributed by atoms with Crippen LogP contribution in [0.25, 0.3) is 11.2 Å². The molecule has 3 atom stereocenters. The summed E-state index contributed by atoms with van der Waals surface area (Å²) in [6, 6.07) is 6.48. The highest BCUT2D eigenvalue weighted by atomic mass is 31.2. The normalized spacial score (nSPS) is 14.6. The number of anilines is 1. The lowest BCUT2D eigenvalue weighted by molar-refractivity contribution is -0.144. The second-order valence-corrected chi connectivity index (χ2v) is 10.3. The Hall–Kier alpha value is -3.58. The Morgan fingerprint density at radius 2 is 1.84 bits per heavy atom. The molecular weight excluding hydrogens is 505 g/mol. The van der Waals surface area contributed by atoms with E-state index in [4.69, 9.17) is 19.9 Å². The molecule has 0 aliphatic heterocycles. The number of hydrogen-bond acceptors (Lipinski definition) is 10. The third-order valence-corrected chi connectivity index (χ3v) is 7.16. The van der Waals surface area contributed by atoms with Gasteiger partial charge in [-0.2, -0.15) is 4.98 Å². The van der Waals surface area contributed by atoms with E-state index in [2.05, 4.69) is 25.1 Å². The summed E-state index contributed by atoms with van der Waals surface area (Å²) in [5.41, 5.74) is 5.54. The van der Waals surface area contributed by atoms with Gasteiger partial charge in [0.15, 0.2) is 11.2 Å². The van der Waals surface area contributed by atoms with Crippen LogP contribution in [0.4, 0.5) is 5.95 Å². The predicted octanol–water partition coefficient (Wildman–Crippen LogP) is 0.994. The Labute approximate surface area is 212 Å². The first-order valence-corrected chi connectivity index (χ1v) is 13.4. The lowest BCUT2D eigenvalue weighted by Gasteiger charge is -2.26. The fourth-order valence-electron chi connectivity index (χ4n) is 3.29. The number of rotatable bonds is 13. The van der Waals surface area contributed by atoms with E-state index in [1.807, 2.05) is 0 Å². The van der Waals surface area contributed by atoms with Crippen LogP contribution < -0.4 is 26.2 Å². The number of nitrogens with zero attached hydrogens (tertiary/aromatic N) is 3. The summed E-state index contributed by atoms with van der Waals surface area (Å²) < 4.78 is 31.2. The molecule has 2 aromatic heterocycles. The number of aromatic amines is 1. The van der Waals surface area contributed by atoms with Crippen molar-refractivity contribution in [1.82, 2.24) is 29.7 Å². The van der Waals surface area contributed by atoms with Gasteiger partial charge in [-0.25, -0.2) is 20.0 Å². The molecule has 2 heterocycles. The van der Waals surface area contributed by atoms with Gasteiger partial charge >= 0.3 is 11.9 Å². The summed E-state index contributed by atoms with van der Waals surface area (Å²) in [7, 11) is -3.68. The molecule has 1 unspecified atom stereocenters. The summed E-state index contributed by atoms with van der Waals surface area (Å²) in [5, 5.41) is 5.43. The molecule has 0 spiro atoms. The second-order valence-electron chi connectivity index (χ2n) is 8.03. The molecule has 5 N–H and O–H groups in total. The molecule has 200 valence electrons. The number of H-pyrrole nitrogens is 1. The zero-order valence-electron chi connectivity index (χ0n) is 20.7. The van der Waals surface area contributed by atoms with Crippen LogP contribution in [-0.4, -0.2) is 63.1 Å². The summed E-state index contributed by atoms with van der Waals surface area (Å²) in [4.78, 5) is 47.1. The van der Waals surface area contributed by atoms with E-state index < -0.39 is 37.0 Å². The molecule has 0 bridgehead atoms. The number of carbonyl (C=O) groups excluding carboxylic acids is 2. The Bertz CT molecular complexity index is 1330. The van der Waals surface area contributed by atoms with E-state index >= 15 is 0 Å². The van der Waals surface area contributed by atoms with Gasteiger partial charge in [-0.15, -0.1) is 0 Å². The van der Waals surface area contributed by atoms with Crippen LogP contribution >= 0.6 is 7.44 Å². The molecule has 0 saturated carbocycles. The Morgan fingerprint density at radius 3 is 2.51 bits per heavy atom. The quantitative estimate of drug-likeness (QED) is 0.105. The van der Waals surface area contributed by atoms with E-state index in [9.17, 15) is 18.9 Å². The minimum atomic E-state index is -3.68. The minimum absolute atomic E-state index is 0.0455. The van der Waals surface area contributed by atoms with Gasteiger partial charge in [0.25, 0.3) is 5.56 Å². The Kier molecular flexibility index (Phi) is 9.53. The van der Waals surface area contributed by atoms with Crippen molar-refractivity contribution in [1.29, 1.82) is 0 Å². The Morgan fingerprint density at radius 1 is 1.16 bits per heavy atom. The zero-order chi connectivity index (χ0) is 27.0. The van der Waals surface area contributed by atoms with Gasteiger partial charge in [-0.1, -0.05) is 18.2 Å². The van der Waals surface area contributed by atoms with Gasteiger partial charge in [0.05, 0.1) is 19.5 Å². The van der Waals surface area contributed by atoms with Gasteiger partial charge in [0.1, 0.15) is 24.2 Å². The van der Waals surface area contributed by atoms with Crippen molar-refractivity contribution in [2.45, 2.75) is 39.4 Å². The topological polar surface area (TPSA) is 193 Å². The maximum Gasteiger partial charge on any atom is 0.328 e. The molecule has 0 aliphatic rings. The number of imidazole rings is 1. The number of carbonyl (C=O) groups is 2. The van der Waals surface area contributed by atoms with Crippen LogP contribution in [0.15, 0.2) is 41.5 Å². The van der Waals surface area contributed by atoms with E-state index in [1.54, 1.807) is 41.8 Å². The van der Waals surface area contributed by atoms with Crippen molar-refractivity contribution < 1.29 is 28.4 Å². The molecular formula is C22H30N7O7P. The molecule has 0 saturated heterocycles. The molecule has 15 heteroatoms. The fourth-order valence-corrected chi connectivity index (χ4v) is 5.37. The number of nitrogens with two attached hydrogens (primary N) is 1. The average Bonchev–Trinajstić information content (AvgIpc) is 3.25. The van der Waals surface area contributed by atoms with Gasteiger partial charge < -0.3 is 24.5 Å². The third-order valence-electron chi connectivity index (χ3n) is 5.00. The van der Waals surface area contributed by atoms with E-state index in [1.165, 1.54) is 20.2 Å². The maximum absolute atomic E-state index is 13.7. The van der Waals surface area contributed by atoms with Gasteiger partial charge in [0, 0.05) is 6.54 Å². The SMILES string of the molecule is CCOC(=O)[C@H](C)NP(=O)(COCCn1cnc2c(=O)[nH]c(N)nc21)N[C@H](C)C(=O)Oc1ccccc1. The highest BCUT2D eigenvalue weighted by Gasteiger charge is 2.32. The highest BCUT2D eigenvalue weighted by Crippen LogP contribution is 2.37. The van der Waals surface area contributed by atoms with E-state index in [-0.39, 0.29) is 43.2 Å². The first-order chi connectivity index (χ1) is 17.6. The van der Waals surface area contributed by atoms with Crippen LogP contribution in [0.5, 0.6) is 5.75 Å². The fraction of sp³-hybridized carbons (Fsp3) is 0.409. The van der Waals surface area contributed by atoms with Gasteiger partial charge in [-0.3, -0.25) is 19.1 Å². The Balaban J connectivity index is 1.66. The molecule has 14 nitrogen and oxygen atoms in total. The van der Waals surface area contributed by atoms with Crippen LogP contribution in [0.2, 0.25) is 0 Å². The minimum Gasteiger partial charge on any atom is -0.465 e. The van der Waals surface area contributed by atoms with Crippen LogP contribution in [0.3, 0.4) is 0 Å². The average molecular weight is 535 g/mol. The number of aromatic nitrogens is 4. The standard InChI is InChI=1S/C22H30N7O7P/c1-4-35-20(31)14(2)27-37(33,28-15(3)21(32)36-16-8-6-5-7-9-16)13-34-11-10-29-12-24-17-18(29)25-22(23)26-19(17)30/h5-9,12,14-15H,4,10-11,13H2,1-3H3,(H2,27,28,33)(H3,23,25,26,30)/t14-,15+,37?/m0/s1. The van der Waals surface area contributed by atoms with Crippen LogP contribution in [-0.2, 0) is 30.2 Å². The second kappa shape index (κ2) is 12.6. The third kappa shape index (κ3) is 7.70. The van der Waals surface area contributed by atoms with Gasteiger partial charge in [0.2, 0.25) is 13.4 Å². The monoisotopic (exact) mass is 535 g/mol. The number of esters is 2. The number of ether oxygens (including phenoxy) is 3. The van der Waals surface area contributed by atoms with Crippen molar-refractivity contribution >= 4 is 36.5 Å². The molecule has 0 amide bonds. The molecule has 3 rings (SSSR count). The number of nitrogen functional groups attached to an aromatic ring is 1. The van der Waals surface area contributed by atoms with E-state index in [0.717, 1.165) is 0 Å². The number of fused-ring (bicyclic) bond motifs is 1. The maximum atomic E-state index is 13.7. The van der Waals surface area contributed by atoms with Crippen molar-refractivity contribution in [2.24, 2.45) is 0 Å². The largest absolute Gasteiger partial charge is 0.465 e. The summed E-state index contributed by atoms with van der Waals surface area (Å²) in [5.74, 6) is -0.998. The summed E-state index contributed by atoms with van der Waals surface area (Å²) in [6.07, 6.45) is 1.04. The number of benzene rings is 1. The number of hydrogen-bond donors (Lipinski definition) is 4. The van der Waals surface area contributed by atoms with Gasteiger partial charge in [-0.05, 0) is 32.9 Å². The molecule has 0 aliphatic carbocycles. The number of para-hydroxylation sites is 1. The van der Waals surface area contributed by atoms with Crippen molar-refractivity contribution in [3.8, 4) is 5.75 Å². The van der Waals surface area contributed by atoms with Crippen LogP contribution in [0.1, 0.15) is 20.8 Å². The molecule has 3 aromatic rings. The lowest BCUT2D eigenvalue weighted by atomic mass is 10.3. The molecule has 0 fully saturated rings. The predicted molar refractivity (Wildman–Crippen MR) is 135 cm³/mol. The van der Waals surface area contributed by atoms with Crippen LogP contribution in [0, 0.1) is 0 Å². The summed E-state index contributed by atoms with van der Waals surface area (Å²) in [6.45, 7) is 5.04. The van der Waals surface area contributed by atoms with Crippen molar-refractivity contribution in [3.63, 3.8) is 0 Å². The first kappa shape index (κ1) is 28.0. The smallest absolute Gasteiger partial charge is 0.328 e. The molecule has 1 aromatic carbocycles. The molecule has 37 heavy (non-hydrogen) atoms.